The summed E-state index contributed by atoms with van der Waals surface area (Å²) in [6, 6.07) is 18.2. The third kappa shape index (κ3) is 8.39. The normalized spacial score (nSPS) is 21.3. The lowest BCUT2D eigenvalue weighted by Gasteiger charge is -2.54. The summed E-state index contributed by atoms with van der Waals surface area (Å²) in [6.45, 7) is 6.76. The Balaban J connectivity index is 1.29. The summed E-state index contributed by atoms with van der Waals surface area (Å²) in [5, 5.41) is 8.01. The Morgan fingerprint density at radius 2 is 1.76 bits per heavy atom. The van der Waals surface area contributed by atoms with Gasteiger partial charge in [-0.25, -0.2) is 9.78 Å². The van der Waals surface area contributed by atoms with E-state index in [9.17, 15) is 19.2 Å². The van der Waals surface area contributed by atoms with Crippen LogP contribution in [0.2, 0.25) is 0 Å². The number of carbonyl (C=O) groups is 4. The Morgan fingerprint density at radius 3 is 2.31 bits per heavy atom. The van der Waals surface area contributed by atoms with Crippen LogP contribution in [0.25, 0.3) is 0 Å². The first-order valence-electron chi connectivity index (χ1n) is 15.5. The topological polar surface area (TPSA) is 163 Å². The van der Waals surface area contributed by atoms with Crippen LogP contribution >= 0.6 is 34.9 Å². The van der Waals surface area contributed by atoms with Crippen molar-refractivity contribution in [1.29, 1.82) is 0 Å². The average Bonchev–Trinajstić information content (AvgIpc) is 3.51. The number of fused-ring (bicyclic) bond motifs is 1. The summed E-state index contributed by atoms with van der Waals surface area (Å²) in [5.41, 5.74) is 5.66. The smallest absolute Gasteiger partial charge is 0.350 e. The van der Waals surface area contributed by atoms with Crippen molar-refractivity contribution in [2.45, 2.75) is 56.9 Å². The molecule has 0 bridgehead atoms. The number of hydrogen-bond donors (Lipinski definition) is 2. The number of ether oxygens (including phenoxy) is 2. The van der Waals surface area contributed by atoms with Crippen molar-refractivity contribution in [3.63, 3.8) is 0 Å². The number of nitrogens with two attached hydrogens (primary N) is 1. The Kier molecular flexibility index (Phi) is 11.2. The SMILES string of the molecule is CSCC1(C(=O)OC(c2ccccc2)c2ccccc2)CS[C@@H]2C(NC(=O)C(=NOC(C)C(=O)OC(C)(C)C)c3csc(N)n3)C(=O)N2C1. The summed E-state index contributed by atoms with van der Waals surface area (Å²) in [7, 11) is 0. The molecule has 1 aromatic heterocycles. The maximum absolute atomic E-state index is 14.1. The fourth-order valence-electron chi connectivity index (χ4n) is 5.36. The van der Waals surface area contributed by atoms with Crippen LogP contribution in [0.4, 0.5) is 5.13 Å². The summed E-state index contributed by atoms with van der Waals surface area (Å²) < 4.78 is 11.6. The molecule has 2 aromatic carbocycles. The molecule has 0 aliphatic carbocycles. The van der Waals surface area contributed by atoms with Gasteiger partial charge in [-0.15, -0.1) is 23.1 Å². The molecule has 3 heterocycles. The van der Waals surface area contributed by atoms with Crippen LogP contribution < -0.4 is 11.1 Å². The molecule has 2 aliphatic heterocycles. The van der Waals surface area contributed by atoms with Gasteiger partial charge in [0.2, 0.25) is 12.0 Å². The number of thioether (sulfide) groups is 2. The third-order valence-electron chi connectivity index (χ3n) is 7.74. The minimum atomic E-state index is -1.12. The van der Waals surface area contributed by atoms with E-state index in [1.807, 2.05) is 66.9 Å². The lowest BCUT2D eigenvalue weighted by Crippen LogP contribution is -2.74. The zero-order chi connectivity index (χ0) is 35.3. The van der Waals surface area contributed by atoms with Gasteiger partial charge in [-0.3, -0.25) is 14.4 Å². The van der Waals surface area contributed by atoms with Gasteiger partial charge in [-0.1, -0.05) is 65.8 Å². The molecule has 4 atom stereocenters. The first kappa shape index (κ1) is 36.2. The van der Waals surface area contributed by atoms with Gasteiger partial charge in [0, 0.05) is 23.4 Å². The number of thiazole rings is 1. The number of β-lactam (4-membered cyclic amide) rings is 1. The van der Waals surface area contributed by atoms with E-state index < -0.39 is 52.5 Å². The van der Waals surface area contributed by atoms with Crippen LogP contribution in [0.3, 0.4) is 0 Å². The molecule has 12 nitrogen and oxygen atoms in total. The first-order valence-corrected chi connectivity index (χ1v) is 18.8. The molecule has 0 spiro atoms. The molecule has 3 aromatic rings. The van der Waals surface area contributed by atoms with Crippen LogP contribution in [-0.2, 0) is 33.5 Å². The second-order valence-electron chi connectivity index (χ2n) is 12.7. The van der Waals surface area contributed by atoms with Gasteiger partial charge in [0.15, 0.2) is 16.9 Å². The summed E-state index contributed by atoms with van der Waals surface area (Å²) in [6.07, 6.45) is 0.171. The molecular weight excluding hydrogens is 687 g/mol. The van der Waals surface area contributed by atoms with E-state index in [1.165, 1.54) is 35.8 Å². The molecule has 260 valence electrons. The van der Waals surface area contributed by atoms with Gasteiger partial charge in [0.25, 0.3) is 5.91 Å². The predicted molar refractivity (Wildman–Crippen MR) is 191 cm³/mol. The Morgan fingerprint density at radius 1 is 1.12 bits per heavy atom. The predicted octanol–water partition coefficient (Wildman–Crippen LogP) is 4.26. The number of nitrogen functional groups attached to an aromatic ring is 1. The minimum absolute atomic E-state index is 0.129. The number of benzene rings is 2. The van der Waals surface area contributed by atoms with Crippen LogP contribution in [0.1, 0.15) is 50.6 Å². The lowest BCUT2D eigenvalue weighted by atomic mass is 9.88. The van der Waals surface area contributed by atoms with E-state index in [2.05, 4.69) is 15.5 Å². The molecule has 2 aliphatic rings. The number of oxime groups is 1. The molecule has 3 N–H and O–H groups in total. The van der Waals surface area contributed by atoms with Crippen molar-refractivity contribution >= 4 is 69.5 Å². The van der Waals surface area contributed by atoms with Gasteiger partial charge in [-0.05, 0) is 45.1 Å². The third-order valence-corrected chi connectivity index (χ3v) is 10.8. The number of anilines is 1. The summed E-state index contributed by atoms with van der Waals surface area (Å²) in [4.78, 5) is 64.7. The lowest BCUT2D eigenvalue weighted by molar-refractivity contribution is -0.167. The monoisotopic (exact) mass is 725 g/mol. The highest BCUT2D eigenvalue weighted by Gasteiger charge is 2.58. The molecule has 2 fully saturated rings. The molecule has 0 radical (unpaired) electrons. The molecular formula is C34H39N5O7S3. The number of rotatable bonds is 12. The quantitative estimate of drug-likeness (QED) is 0.119. The number of carbonyl (C=O) groups excluding carboxylic acids is 4. The molecule has 2 amide bonds. The Hall–Kier alpha value is -4.08. The van der Waals surface area contributed by atoms with Crippen molar-refractivity contribution < 1.29 is 33.5 Å². The van der Waals surface area contributed by atoms with E-state index in [0.717, 1.165) is 22.5 Å². The van der Waals surface area contributed by atoms with Crippen molar-refractivity contribution in [2.24, 2.45) is 10.6 Å². The fraction of sp³-hybridized carbons (Fsp3) is 0.412. The maximum Gasteiger partial charge on any atom is 0.350 e. The zero-order valence-electron chi connectivity index (χ0n) is 27.8. The largest absolute Gasteiger partial charge is 0.457 e. The number of amides is 2. The summed E-state index contributed by atoms with van der Waals surface area (Å²) in [5.74, 6) is -1.30. The first-order chi connectivity index (χ1) is 23.3. The number of nitrogens with one attached hydrogen (secondary N) is 1. The van der Waals surface area contributed by atoms with Gasteiger partial charge >= 0.3 is 11.9 Å². The standard InChI is InChI=1S/C34H39N5O7S3/c1-20(30(42)45-33(2,3)4)46-38-24(23-16-48-32(35)36-23)27(40)37-25-28(41)39-17-34(18-47-5,19-49-29(25)39)31(43)44-26(21-12-8-6-9-13-21)22-14-10-7-11-15-22/h6-16,20,25-26,29H,17-19H2,1-5H3,(H2,35,36)(H,37,40)/t20?,25?,29-,34?/m1/s1. The minimum Gasteiger partial charge on any atom is -0.457 e. The highest BCUT2D eigenvalue weighted by atomic mass is 32.2. The van der Waals surface area contributed by atoms with Crippen LogP contribution in [0.15, 0.2) is 71.2 Å². The average molecular weight is 726 g/mol. The van der Waals surface area contributed by atoms with Crippen molar-refractivity contribution in [1.82, 2.24) is 15.2 Å². The van der Waals surface area contributed by atoms with E-state index in [0.29, 0.717) is 11.5 Å². The Bertz CT molecular complexity index is 1660. The second-order valence-corrected chi connectivity index (χ2v) is 15.6. The van der Waals surface area contributed by atoms with Gasteiger partial charge < -0.3 is 30.3 Å². The van der Waals surface area contributed by atoms with Gasteiger partial charge in [0.1, 0.15) is 28.1 Å². The molecule has 3 unspecified atom stereocenters. The van der Waals surface area contributed by atoms with Crippen molar-refractivity contribution in [3.05, 3.63) is 82.9 Å². The van der Waals surface area contributed by atoms with Crippen LogP contribution in [-0.4, -0.2) is 86.8 Å². The highest BCUT2D eigenvalue weighted by molar-refractivity contribution is 8.00. The number of hydrogen-bond acceptors (Lipinski definition) is 13. The van der Waals surface area contributed by atoms with E-state index in [-0.39, 0.29) is 29.0 Å². The molecule has 2 saturated heterocycles. The molecule has 49 heavy (non-hydrogen) atoms. The second kappa shape index (κ2) is 15.2. The van der Waals surface area contributed by atoms with Gasteiger partial charge in [-0.2, -0.15) is 11.8 Å². The van der Waals surface area contributed by atoms with Crippen molar-refractivity contribution in [2.75, 3.05) is 30.0 Å². The van der Waals surface area contributed by atoms with Crippen LogP contribution in [0.5, 0.6) is 0 Å². The van der Waals surface area contributed by atoms with Gasteiger partial charge in [0.05, 0.1) is 0 Å². The Labute approximate surface area is 297 Å². The number of esters is 2. The van der Waals surface area contributed by atoms with Crippen LogP contribution in [0, 0.1) is 5.41 Å². The van der Waals surface area contributed by atoms with E-state index in [4.69, 9.17) is 20.0 Å². The number of aromatic nitrogens is 1. The molecule has 0 saturated carbocycles. The molecule has 5 rings (SSSR count). The fourth-order valence-corrected chi connectivity index (χ4v) is 8.44. The highest BCUT2D eigenvalue weighted by Crippen LogP contribution is 2.45. The van der Waals surface area contributed by atoms with E-state index >= 15 is 0 Å². The zero-order valence-corrected chi connectivity index (χ0v) is 30.2. The summed E-state index contributed by atoms with van der Waals surface area (Å²) >= 11 is 4.02. The number of nitrogens with zero attached hydrogens (tertiary/aromatic N) is 3. The maximum atomic E-state index is 14.1. The van der Waals surface area contributed by atoms with E-state index in [1.54, 1.807) is 25.7 Å². The molecule has 15 heteroatoms. The van der Waals surface area contributed by atoms with Crippen molar-refractivity contribution in [3.8, 4) is 0 Å².